The van der Waals surface area contributed by atoms with Gasteiger partial charge in [0, 0.05) is 31.6 Å². The third-order valence-corrected chi connectivity index (χ3v) is 4.23. The molecule has 0 unspecified atom stereocenters. The predicted molar refractivity (Wildman–Crippen MR) is 121 cm³/mol. The van der Waals surface area contributed by atoms with Crippen LogP contribution in [0.1, 0.15) is 44.7 Å². The topological polar surface area (TPSA) is 96.5 Å². The number of anilines is 1. The van der Waals surface area contributed by atoms with Gasteiger partial charge in [0.1, 0.15) is 5.60 Å². The van der Waals surface area contributed by atoms with Crippen molar-refractivity contribution in [1.82, 2.24) is 10.6 Å². The molecule has 0 aromatic heterocycles. The Hall–Kier alpha value is -3.35. The average Bonchev–Trinajstić information content (AvgIpc) is 2.71. The maximum Gasteiger partial charge on any atom is 0.407 e. The molecule has 0 saturated carbocycles. The van der Waals surface area contributed by atoms with Crippen molar-refractivity contribution in [2.75, 3.05) is 11.9 Å². The van der Waals surface area contributed by atoms with Gasteiger partial charge in [-0.05, 0) is 50.5 Å². The number of carbonyl (C=O) groups excluding carboxylic acids is 3. The van der Waals surface area contributed by atoms with E-state index in [-0.39, 0.29) is 24.8 Å². The normalized spacial score (nSPS) is 10.8. The summed E-state index contributed by atoms with van der Waals surface area (Å²) < 4.78 is 5.11. The number of alkyl carbamates (subject to hydrolysis) is 1. The monoisotopic (exact) mass is 425 g/mol. The van der Waals surface area contributed by atoms with E-state index in [4.69, 9.17) is 4.74 Å². The summed E-state index contributed by atoms with van der Waals surface area (Å²) in [6.45, 7) is 5.91. The Morgan fingerprint density at radius 3 is 2.13 bits per heavy atom. The molecule has 7 nitrogen and oxygen atoms in total. The SMILES string of the molecule is CC(C)(C)OC(=O)NCCC(=O)NCc1ccc(NC(=O)CCc2ccccc2)cc1. The number of hydrogen-bond acceptors (Lipinski definition) is 4. The standard InChI is InChI=1S/C24H31N3O4/c1-24(2,3)31-23(30)25-16-15-21(28)26-17-19-9-12-20(13-10-19)27-22(29)14-11-18-7-5-4-6-8-18/h4-10,12-13H,11,14-17H2,1-3H3,(H,25,30)(H,26,28)(H,27,29). The van der Waals surface area contributed by atoms with Crippen molar-refractivity contribution in [1.29, 1.82) is 0 Å². The Balaban J connectivity index is 1.65. The van der Waals surface area contributed by atoms with Crippen molar-refractivity contribution in [2.45, 2.75) is 52.2 Å². The van der Waals surface area contributed by atoms with Crippen LogP contribution in [-0.4, -0.2) is 30.1 Å². The molecule has 0 radical (unpaired) electrons. The van der Waals surface area contributed by atoms with Crippen LogP contribution in [0.25, 0.3) is 0 Å². The Morgan fingerprint density at radius 2 is 1.48 bits per heavy atom. The maximum atomic E-state index is 12.1. The minimum absolute atomic E-state index is 0.0395. The molecule has 7 heteroatoms. The van der Waals surface area contributed by atoms with Crippen molar-refractivity contribution in [3.05, 3.63) is 65.7 Å². The van der Waals surface area contributed by atoms with Gasteiger partial charge < -0.3 is 20.7 Å². The van der Waals surface area contributed by atoms with Gasteiger partial charge in [0.2, 0.25) is 11.8 Å². The summed E-state index contributed by atoms with van der Waals surface area (Å²) in [6.07, 6.45) is 0.731. The van der Waals surface area contributed by atoms with E-state index in [2.05, 4.69) is 16.0 Å². The van der Waals surface area contributed by atoms with Crippen molar-refractivity contribution in [2.24, 2.45) is 0 Å². The number of carbonyl (C=O) groups is 3. The summed E-state index contributed by atoms with van der Waals surface area (Å²) >= 11 is 0. The molecule has 31 heavy (non-hydrogen) atoms. The third kappa shape index (κ3) is 10.3. The molecule has 3 amide bonds. The summed E-state index contributed by atoms with van der Waals surface area (Å²) in [7, 11) is 0. The summed E-state index contributed by atoms with van der Waals surface area (Å²) in [5.41, 5.74) is 2.19. The van der Waals surface area contributed by atoms with E-state index in [1.54, 1.807) is 20.8 Å². The molecule has 0 atom stereocenters. The minimum atomic E-state index is -0.570. The highest BCUT2D eigenvalue weighted by atomic mass is 16.6. The molecule has 0 heterocycles. The number of nitrogens with one attached hydrogen (secondary N) is 3. The number of aryl methyl sites for hydroxylation is 1. The van der Waals surface area contributed by atoms with E-state index < -0.39 is 11.7 Å². The zero-order chi connectivity index (χ0) is 22.7. The van der Waals surface area contributed by atoms with Crippen LogP contribution in [-0.2, 0) is 27.3 Å². The lowest BCUT2D eigenvalue weighted by molar-refractivity contribution is -0.121. The highest BCUT2D eigenvalue weighted by Gasteiger charge is 2.15. The molecule has 2 rings (SSSR count). The lowest BCUT2D eigenvalue weighted by atomic mass is 10.1. The van der Waals surface area contributed by atoms with E-state index in [0.29, 0.717) is 19.4 Å². The average molecular weight is 426 g/mol. The number of hydrogen-bond donors (Lipinski definition) is 3. The van der Waals surface area contributed by atoms with Gasteiger partial charge in [0.15, 0.2) is 0 Å². The lowest BCUT2D eigenvalue weighted by Crippen LogP contribution is -2.35. The minimum Gasteiger partial charge on any atom is -0.444 e. The van der Waals surface area contributed by atoms with Crippen LogP contribution < -0.4 is 16.0 Å². The van der Waals surface area contributed by atoms with Gasteiger partial charge in [-0.3, -0.25) is 9.59 Å². The quantitative estimate of drug-likeness (QED) is 0.569. The van der Waals surface area contributed by atoms with E-state index in [0.717, 1.165) is 16.8 Å². The number of benzene rings is 2. The van der Waals surface area contributed by atoms with Crippen LogP contribution in [0.2, 0.25) is 0 Å². The van der Waals surface area contributed by atoms with Gasteiger partial charge in [-0.25, -0.2) is 4.79 Å². The third-order valence-electron chi connectivity index (χ3n) is 4.23. The van der Waals surface area contributed by atoms with Gasteiger partial charge in [-0.1, -0.05) is 42.5 Å². The van der Waals surface area contributed by atoms with Crippen molar-refractivity contribution >= 4 is 23.6 Å². The summed E-state index contributed by atoms with van der Waals surface area (Å²) in [5.74, 6) is -0.211. The largest absolute Gasteiger partial charge is 0.444 e. The van der Waals surface area contributed by atoms with Crippen LogP contribution >= 0.6 is 0 Å². The van der Waals surface area contributed by atoms with Gasteiger partial charge >= 0.3 is 6.09 Å². The Morgan fingerprint density at radius 1 is 0.806 bits per heavy atom. The zero-order valence-corrected chi connectivity index (χ0v) is 18.4. The second-order valence-corrected chi connectivity index (χ2v) is 8.19. The molecule has 0 fully saturated rings. The van der Waals surface area contributed by atoms with E-state index >= 15 is 0 Å². The fourth-order valence-electron chi connectivity index (χ4n) is 2.71. The molecular weight excluding hydrogens is 394 g/mol. The highest BCUT2D eigenvalue weighted by Crippen LogP contribution is 2.11. The van der Waals surface area contributed by atoms with Crippen molar-refractivity contribution < 1.29 is 19.1 Å². The zero-order valence-electron chi connectivity index (χ0n) is 18.4. The predicted octanol–water partition coefficient (Wildman–Crippen LogP) is 3.79. The summed E-state index contributed by atoms with van der Waals surface area (Å²) in [5, 5.41) is 8.23. The van der Waals surface area contributed by atoms with Crippen LogP contribution in [0.15, 0.2) is 54.6 Å². The van der Waals surface area contributed by atoms with Gasteiger partial charge in [-0.15, -0.1) is 0 Å². The first-order chi connectivity index (χ1) is 14.7. The summed E-state index contributed by atoms with van der Waals surface area (Å²) in [4.78, 5) is 35.6. The fourth-order valence-corrected chi connectivity index (χ4v) is 2.71. The van der Waals surface area contributed by atoms with Gasteiger partial charge in [0.05, 0.1) is 0 Å². The number of ether oxygens (including phenoxy) is 1. The summed E-state index contributed by atoms with van der Waals surface area (Å²) in [6, 6.07) is 17.2. The van der Waals surface area contributed by atoms with Crippen LogP contribution in [0, 0.1) is 0 Å². The van der Waals surface area contributed by atoms with Crippen LogP contribution in [0.5, 0.6) is 0 Å². The van der Waals surface area contributed by atoms with E-state index in [1.807, 2.05) is 54.6 Å². The van der Waals surface area contributed by atoms with E-state index in [9.17, 15) is 14.4 Å². The maximum absolute atomic E-state index is 12.1. The first-order valence-corrected chi connectivity index (χ1v) is 10.4. The van der Waals surface area contributed by atoms with E-state index in [1.165, 1.54) is 0 Å². The van der Waals surface area contributed by atoms with Crippen molar-refractivity contribution in [3.63, 3.8) is 0 Å². The molecule has 0 saturated heterocycles. The second kappa shape index (κ2) is 11.7. The molecule has 2 aromatic carbocycles. The van der Waals surface area contributed by atoms with Crippen molar-refractivity contribution in [3.8, 4) is 0 Å². The fraction of sp³-hybridized carbons (Fsp3) is 0.375. The number of amides is 3. The molecule has 0 aliphatic heterocycles. The molecule has 2 aromatic rings. The van der Waals surface area contributed by atoms with Gasteiger partial charge in [0.25, 0.3) is 0 Å². The Bertz CT molecular complexity index is 859. The van der Waals surface area contributed by atoms with Crippen LogP contribution in [0.3, 0.4) is 0 Å². The molecule has 0 aliphatic rings. The lowest BCUT2D eigenvalue weighted by Gasteiger charge is -2.19. The molecule has 0 spiro atoms. The van der Waals surface area contributed by atoms with Crippen LogP contribution in [0.4, 0.5) is 10.5 Å². The Labute approximate surface area is 183 Å². The molecule has 0 bridgehead atoms. The first kappa shape index (κ1) is 23.9. The van der Waals surface area contributed by atoms with Gasteiger partial charge in [-0.2, -0.15) is 0 Å². The second-order valence-electron chi connectivity index (χ2n) is 8.19. The molecule has 166 valence electrons. The smallest absolute Gasteiger partial charge is 0.407 e. The Kier molecular flexibility index (Phi) is 9.06. The highest BCUT2D eigenvalue weighted by molar-refractivity contribution is 5.90. The first-order valence-electron chi connectivity index (χ1n) is 10.4. The number of rotatable bonds is 9. The molecule has 0 aliphatic carbocycles. The molecule has 3 N–H and O–H groups in total. The molecular formula is C24H31N3O4.